The van der Waals surface area contributed by atoms with Crippen LogP contribution < -0.4 is 11.4 Å². The van der Waals surface area contributed by atoms with Crippen LogP contribution in [0.4, 0.5) is 5.82 Å². The second kappa shape index (κ2) is 6.96. The van der Waals surface area contributed by atoms with Crippen LogP contribution in [0.2, 0.25) is 18.6 Å². The minimum atomic E-state index is -2.12. The lowest BCUT2D eigenvalue weighted by Crippen LogP contribution is -2.48. The van der Waals surface area contributed by atoms with Gasteiger partial charge in [0.1, 0.15) is 24.1 Å². The number of hydrogen-bond donors (Lipinski definition) is 3. The molecule has 3 aliphatic rings. The molecule has 27 heavy (non-hydrogen) atoms. The third-order valence-electron chi connectivity index (χ3n) is 6.69. The number of nitrogen functional groups attached to an aromatic ring is 1. The maximum atomic E-state index is 12.1. The summed E-state index contributed by atoms with van der Waals surface area (Å²) in [5.41, 5.74) is 5.51. The summed E-state index contributed by atoms with van der Waals surface area (Å²) >= 11 is 0. The van der Waals surface area contributed by atoms with Crippen molar-refractivity contribution in [3.05, 3.63) is 22.7 Å². The molecule has 0 amide bonds. The minimum absolute atomic E-state index is 0.111. The molecule has 0 radical (unpaired) electrons. The molecule has 4 rings (SSSR count). The molecule has 1 aromatic heterocycles. The summed E-state index contributed by atoms with van der Waals surface area (Å²) in [5.74, 6) is 1.66. The van der Waals surface area contributed by atoms with E-state index in [4.69, 9.17) is 14.9 Å². The number of nitrogens with two attached hydrogens (primary N) is 1. The quantitative estimate of drug-likeness (QED) is 0.632. The molecule has 1 aliphatic heterocycles. The summed E-state index contributed by atoms with van der Waals surface area (Å²) in [6.45, 7) is 4.12. The van der Waals surface area contributed by atoms with Crippen LogP contribution in [-0.2, 0) is 9.16 Å². The molecule has 150 valence electrons. The fourth-order valence-corrected chi connectivity index (χ4v) is 8.90. The van der Waals surface area contributed by atoms with Crippen molar-refractivity contribution in [2.24, 2.45) is 11.8 Å². The summed E-state index contributed by atoms with van der Waals surface area (Å²) in [5, 5.41) is 20.7. The molecule has 0 spiro atoms. The molecule has 1 saturated heterocycles. The van der Waals surface area contributed by atoms with E-state index in [0.717, 1.165) is 11.8 Å². The van der Waals surface area contributed by atoms with E-state index < -0.39 is 38.5 Å². The van der Waals surface area contributed by atoms with Crippen LogP contribution in [0.1, 0.15) is 31.9 Å². The summed E-state index contributed by atoms with van der Waals surface area (Å²) in [6, 6.07) is 1.48. The Morgan fingerprint density at radius 2 is 2.19 bits per heavy atom. The van der Waals surface area contributed by atoms with E-state index in [1.165, 1.54) is 42.5 Å². The Morgan fingerprint density at radius 3 is 2.78 bits per heavy atom. The molecule has 2 aliphatic carbocycles. The van der Waals surface area contributed by atoms with Gasteiger partial charge in [-0.05, 0) is 49.4 Å². The third-order valence-corrected chi connectivity index (χ3v) is 10.1. The Balaban J connectivity index is 1.54. The zero-order chi connectivity index (χ0) is 19.3. The highest BCUT2D eigenvalue weighted by molar-refractivity contribution is 6.72. The Morgan fingerprint density at radius 1 is 1.41 bits per heavy atom. The van der Waals surface area contributed by atoms with Crippen molar-refractivity contribution in [1.82, 2.24) is 9.55 Å². The van der Waals surface area contributed by atoms with Crippen molar-refractivity contribution in [2.75, 3.05) is 12.3 Å². The van der Waals surface area contributed by atoms with Crippen LogP contribution in [0, 0.1) is 11.8 Å². The number of rotatable bonds is 5. The first-order chi connectivity index (χ1) is 12.8. The van der Waals surface area contributed by atoms with Crippen LogP contribution in [0.3, 0.4) is 0 Å². The molecule has 2 saturated carbocycles. The van der Waals surface area contributed by atoms with Gasteiger partial charge in [0.15, 0.2) is 14.5 Å². The molecule has 0 aromatic carbocycles. The van der Waals surface area contributed by atoms with Crippen molar-refractivity contribution in [2.45, 2.75) is 68.9 Å². The van der Waals surface area contributed by atoms with Gasteiger partial charge in [-0.3, -0.25) is 4.57 Å². The van der Waals surface area contributed by atoms with Gasteiger partial charge in [0, 0.05) is 6.20 Å². The maximum Gasteiger partial charge on any atom is 0.351 e. The van der Waals surface area contributed by atoms with Crippen LogP contribution >= 0.6 is 0 Å². The third kappa shape index (κ3) is 3.36. The van der Waals surface area contributed by atoms with E-state index in [1.54, 1.807) is 0 Å². The zero-order valence-electron chi connectivity index (χ0n) is 15.8. The SMILES string of the molecule is C[Si](C)(OC1C(CO)OC(n2ccc(N)nc2=O)C1O)C1CC2CCC1C2. The van der Waals surface area contributed by atoms with Gasteiger partial charge in [-0.2, -0.15) is 4.98 Å². The number of aliphatic hydroxyl groups is 2. The predicted octanol–water partition coefficient (Wildman–Crippen LogP) is 0.857. The Labute approximate surface area is 159 Å². The standard InChI is InChI=1S/C18H29N3O5Si/c1-27(2,13-8-10-3-4-11(13)7-10)26-16-12(9-22)25-17(15(16)23)21-6-5-14(19)20-18(21)24/h5-6,10-13,15-17,22-23H,3-4,7-9H2,1-2H3,(H2,19,20,24). The summed E-state index contributed by atoms with van der Waals surface area (Å²) in [7, 11) is -2.12. The highest BCUT2D eigenvalue weighted by atomic mass is 28.4. The van der Waals surface area contributed by atoms with E-state index in [9.17, 15) is 15.0 Å². The molecule has 7 atom stereocenters. The first-order valence-corrected chi connectivity index (χ1v) is 12.8. The summed E-state index contributed by atoms with van der Waals surface area (Å²) in [6.07, 6.45) is 3.22. The molecule has 7 unspecified atom stereocenters. The highest BCUT2D eigenvalue weighted by Gasteiger charge is 2.53. The van der Waals surface area contributed by atoms with Crippen molar-refractivity contribution >= 4 is 14.1 Å². The lowest BCUT2D eigenvalue weighted by molar-refractivity contribution is -0.0545. The predicted molar refractivity (Wildman–Crippen MR) is 101 cm³/mol. The number of hydrogen-bond acceptors (Lipinski definition) is 7. The Hall–Kier alpha value is -1.26. The number of ether oxygens (including phenoxy) is 1. The van der Waals surface area contributed by atoms with Gasteiger partial charge in [-0.25, -0.2) is 4.79 Å². The normalized spacial score (nSPS) is 38.6. The van der Waals surface area contributed by atoms with Gasteiger partial charge in [0.05, 0.1) is 6.61 Å². The number of anilines is 1. The molecule has 1 aromatic rings. The monoisotopic (exact) mass is 395 g/mol. The van der Waals surface area contributed by atoms with Crippen molar-refractivity contribution in [1.29, 1.82) is 0 Å². The number of nitrogens with zero attached hydrogens (tertiary/aromatic N) is 2. The highest BCUT2D eigenvalue weighted by Crippen LogP contribution is 2.56. The van der Waals surface area contributed by atoms with Gasteiger partial charge < -0.3 is 25.1 Å². The second-order valence-corrected chi connectivity index (χ2v) is 12.9. The van der Waals surface area contributed by atoms with Crippen molar-refractivity contribution in [3.63, 3.8) is 0 Å². The Kier molecular flexibility index (Phi) is 4.92. The molecule has 8 nitrogen and oxygen atoms in total. The lowest BCUT2D eigenvalue weighted by atomic mass is 10.0. The lowest BCUT2D eigenvalue weighted by Gasteiger charge is -2.38. The second-order valence-electron chi connectivity index (χ2n) is 8.75. The first-order valence-electron chi connectivity index (χ1n) is 9.77. The van der Waals surface area contributed by atoms with Crippen LogP contribution in [0.5, 0.6) is 0 Å². The fourth-order valence-electron chi connectivity index (χ4n) is 5.40. The smallest absolute Gasteiger partial charge is 0.351 e. The van der Waals surface area contributed by atoms with E-state index in [-0.39, 0.29) is 12.4 Å². The number of aromatic nitrogens is 2. The largest absolute Gasteiger partial charge is 0.409 e. The van der Waals surface area contributed by atoms with Crippen LogP contribution in [-0.4, -0.2) is 53.0 Å². The number of aliphatic hydroxyl groups excluding tert-OH is 2. The topological polar surface area (TPSA) is 120 Å². The fraction of sp³-hybridized carbons (Fsp3) is 0.778. The van der Waals surface area contributed by atoms with Gasteiger partial charge in [-0.1, -0.05) is 12.8 Å². The van der Waals surface area contributed by atoms with Crippen molar-refractivity contribution < 1.29 is 19.4 Å². The molecule has 2 bridgehead atoms. The van der Waals surface area contributed by atoms with Gasteiger partial charge in [0.25, 0.3) is 0 Å². The molecule has 2 heterocycles. The maximum absolute atomic E-state index is 12.1. The van der Waals surface area contributed by atoms with Crippen LogP contribution in [0.25, 0.3) is 0 Å². The summed E-state index contributed by atoms with van der Waals surface area (Å²) < 4.78 is 13.5. The van der Waals surface area contributed by atoms with Gasteiger partial charge in [0.2, 0.25) is 0 Å². The first kappa shape index (κ1) is 19.1. The average molecular weight is 396 g/mol. The van der Waals surface area contributed by atoms with E-state index in [1.807, 2.05) is 0 Å². The molecular formula is C18H29N3O5Si. The van der Waals surface area contributed by atoms with E-state index in [2.05, 4.69) is 18.1 Å². The molecule has 9 heteroatoms. The Bertz CT molecular complexity index is 757. The summed E-state index contributed by atoms with van der Waals surface area (Å²) in [4.78, 5) is 15.8. The van der Waals surface area contributed by atoms with Gasteiger partial charge in [-0.15, -0.1) is 0 Å². The minimum Gasteiger partial charge on any atom is -0.409 e. The van der Waals surface area contributed by atoms with Crippen molar-refractivity contribution in [3.8, 4) is 0 Å². The average Bonchev–Trinajstić information content (AvgIpc) is 3.31. The van der Waals surface area contributed by atoms with Crippen LogP contribution in [0.15, 0.2) is 17.1 Å². The zero-order valence-corrected chi connectivity index (χ0v) is 16.8. The van der Waals surface area contributed by atoms with E-state index >= 15 is 0 Å². The van der Waals surface area contributed by atoms with E-state index in [0.29, 0.717) is 5.54 Å². The molecule has 3 fully saturated rings. The van der Waals surface area contributed by atoms with Gasteiger partial charge >= 0.3 is 5.69 Å². The molecular weight excluding hydrogens is 366 g/mol. The molecule has 4 N–H and O–H groups in total. The number of fused-ring (bicyclic) bond motifs is 2.